The summed E-state index contributed by atoms with van der Waals surface area (Å²) in [6.45, 7) is 0. The zero-order valence-electron chi connectivity index (χ0n) is 15.9. The van der Waals surface area contributed by atoms with E-state index >= 15 is 0 Å². The van der Waals surface area contributed by atoms with E-state index < -0.39 is 0 Å². The largest absolute Gasteiger partial charge is 0.508 e. The molecule has 5 nitrogen and oxygen atoms in total. The molecule has 0 aliphatic heterocycles. The van der Waals surface area contributed by atoms with Crippen molar-refractivity contribution < 1.29 is 9.84 Å². The summed E-state index contributed by atoms with van der Waals surface area (Å²) in [6.07, 6.45) is 2.56. The van der Waals surface area contributed by atoms with Crippen LogP contribution in [0.5, 0.6) is 11.5 Å². The third kappa shape index (κ3) is 2.97. The Kier molecular flexibility index (Phi) is 4.13. The van der Waals surface area contributed by atoms with Crippen molar-refractivity contribution in [2.45, 2.75) is 6.42 Å². The molecule has 0 aliphatic rings. The molecule has 0 saturated heterocycles. The highest BCUT2D eigenvalue weighted by Crippen LogP contribution is 2.38. The topological polar surface area (TPSA) is 71.0 Å². The van der Waals surface area contributed by atoms with Crippen molar-refractivity contribution in [3.8, 4) is 22.8 Å². The number of aromatic nitrogens is 3. The molecule has 0 aliphatic carbocycles. The van der Waals surface area contributed by atoms with E-state index in [1.54, 1.807) is 19.2 Å². The number of pyridine rings is 1. The Morgan fingerprint density at radius 2 is 1.72 bits per heavy atom. The molecule has 2 aromatic heterocycles. The second-order valence-corrected chi connectivity index (χ2v) is 6.97. The van der Waals surface area contributed by atoms with E-state index in [1.807, 2.05) is 48.7 Å². The number of H-pyrrole nitrogens is 1. The summed E-state index contributed by atoms with van der Waals surface area (Å²) >= 11 is 0. The summed E-state index contributed by atoms with van der Waals surface area (Å²) in [5.41, 5.74) is 4.81. The Morgan fingerprint density at radius 1 is 0.931 bits per heavy atom. The molecule has 5 rings (SSSR count). The van der Waals surface area contributed by atoms with Gasteiger partial charge in [-0.1, -0.05) is 30.3 Å². The molecule has 0 spiro atoms. The number of hydrogen-bond acceptors (Lipinski definition) is 4. The molecule has 2 N–H and O–H groups in total. The van der Waals surface area contributed by atoms with Crippen LogP contribution in [-0.2, 0) is 6.42 Å². The van der Waals surface area contributed by atoms with Crippen LogP contribution in [0.3, 0.4) is 0 Å². The fraction of sp³-hybridized carbons (Fsp3) is 0.0833. The van der Waals surface area contributed by atoms with Crippen molar-refractivity contribution in [2.75, 3.05) is 7.11 Å². The van der Waals surface area contributed by atoms with Crippen LogP contribution in [0.4, 0.5) is 0 Å². The second kappa shape index (κ2) is 6.95. The standard InChI is InChI=1S/C24H19N3O2/c1-29-21-12-11-18-22(19(21)13-15-5-3-2-4-6-15)20-14-25-27-24(20)26-23(18)16-7-9-17(28)10-8-16/h2-12,14,28H,13H2,1H3,(H,25,26,27). The fourth-order valence-electron chi connectivity index (χ4n) is 3.86. The highest BCUT2D eigenvalue weighted by atomic mass is 16.5. The predicted octanol–water partition coefficient (Wildman–Crippen LogP) is 5.08. The first-order valence-electron chi connectivity index (χ1n) is 9.40. The first kappa shape index (κ1) is 17.3. The molecule has 5 aromatic rings. The van der Waals surface area contributed by atoms with Crippen LogP contribution in [0.1, 0.15) is 11.1 Å². The SMILES string of the molecule is COc1ccc2c(-c3ccc(O)cc3)nc3[nH]ncc3c2c1Cc1ccccc1. The average Bonchev–Trinajstić information content (AvgIpc) is 3.23. The molecule has 0 saturated carbocycles. The lowest BCUT2D eigenvalue weighted by atomic mass is 9.93. The summed E-state index contributed by atoms with van der Waals surface area (Å²) in [5, 5.41) is 20.0. The second-order valence-electron chi connectivity index (χ2n) is 6.97. The molecule has 29 heavy (non-hydrogen) atoms. The molecule has 0 fully saturated rings. The Labute approximate surface area is 167 Å². The monoisotopic (exact) mass is 381 g/mol. The first-order chi connectivity index (χ1) is 14.2. The molecule has 0 radical (unpaired) electrons. The molecular formula is C24H19N3O2. The minimum absolute atomic E-state index is 0.229. The van der Waals surface area contributed by atoms with Crippen LogP contribution in [-0.4, -0.2) is 27.4 Å². The third-order valence-corrected chi connectivity index (χ3v) is 5.22. The van der Waals surface area contributed by atoms with Gasteiger partial charge in [0.2, 0.25) is 0 Å². The zero-order chi connectivity index (χ0) is 19.8. The van der Waals surface area contributed by atoms with E-state index in [1.165, 1.54) is 5.56 Å². The number of ether oxygens (including phenoxy) is 1. The highest BCUT2D eigenvalue weighted by Gasteiger charge is 2.18. The summed E-state index contributed by atoms with van der Waals surface area (Å²) < 4.78 is 5.73. The van der Waals surface area contributed by atoms with Crippen molar-refractivity contribution >= 4 is 21.8 Å². The van der Waals surface area contributed by atoms with Gasteiger partial charge in [-0.2, -0.15) is 5.10 Å². The minimum Gasteiger partial charge on any atom is -0.508 e. The highest BCUT2D eigenvalue weighted by molar-refractivity contribution is 6.12. The molecular weight excluding hydrogens is 362 g/mol. The minimum atomic E-state index is 0.229. The van der Waals surface area contributed by atoms with E-state index in [9.17, 15) is 5.11 Å². The van der Waals surface area contributed by atoms with E-state index in [0.717, 1.165) is 50.8 Å². The van der Waals surface area contributed by atoms with Gasteiger partial charge in [-0.3, -0.25) is 5.10 Å². The molecule has 0 amide bonds. The van der Waals surface area contributed by atoms with Gasteiger partial charge in [0.25, 0.3) is 0 Å². The first-order valence-corrected chi connectivity index (χ1v) is 9.40. The maximum absolute atomic E-state index is 9.68. The molecule has 0 bridgehead atoms. The van der Waals surface area contributed by atoms with Gasteiger partial charge in [0.15, 0.2) is 5.65 Å². The lowest BCUT2D eigenvalue weighted by Gasteiger charge is -2.15. The van der Waals surface area contributed by atoms with Crippen molar-refractivity contribution in [2.24, 2.45) is 0 Å². The van der Waals surface area contributed by atoms with Gasteiger partial charge in [0.1, 0.15) is 11.5 Å². The summed E-state index contributed by atoms with van der Waals surface area (Å²) in [7, 11) is 1.70. The summed E-state index contributed by atoms with van der Waals surface area (Å²) in [4.78, 5) is 4.83. The molecule has 0 atom stereocenters. The number of fused-ring (bicyclic) bond motifs is 3. The number of phenols is 1. The lowest BCUT2D eigenvalue weighted by molar-refractivity contribution is 0.411. The Balaban J connectivity index is 1.84. The number of nitrogens with zero attached hydrogens (tertiary/aromatic N) is 2. The molecule has 0 unspecified atom stereocenters. The number of benzene rings is 3. The molecule has 5 heteroatoms. The number of hydrogen-bond donors (Lipinski definition) is 2. The van der Waals surface area contributed by atoms with Crippen LogP contribution >= 0.6 is 0 Å². The normalized spacial score (nSPS) is 11.2. The third-order valence-electron chi connectivity index (χ3n) is 5.22. The summed E-state index contributed by atoms with van der Waals surface area (Å²) in [6, 6.07) is 21.5. The van der Waals surface area contributed by atoms with Crippen LogP contribution in [0, 0.1) is 0 Å². The predicted molar refractivity (Wildman–Crippen MR) is 114 cm³/mol. The quantitative estimate of drug-likeness (QED) is 0.455. The number of aromatic amines is 1. The lowest BCUT2D eigenvalue weighted by Crippen LogP contribution is -1.98. The number of rotatable bonds is 4. The van der Waals surface area contributed by atoms with Crippen molar-refractivity contribution in [3.63, 3.8) is 0 Å². The van der Waals surface area contributed by atoms with Crippen LogP contribution in [0.15, 0.2) is 72.9 Å². The van der Waals surface area contributed by atoms with Gasteiger partial charge >= 0.3 is 0 Å². The number of aromatic hydroxyl groups is 1. The maximum atomic E-state index is 9.68. The van der Waals surface area contributed by atoms with Gasteiger partial charge in [-0.25, -0.2) is 4.98 Å². The zero-order valence-corrected chi connectivity index (χ0v) is 15.9. The van der Waals surface area contributed by atoms with Gasteiger partial charge in [-0.15, -0.1) is 0 Å². The van der Waals surface area contributed by atoms with Crippen molar-refractivity contribution in [1.29, 1.82) is 0 Å². The van der Waals surface area contributed by atoms with Gasteiger partial charge in [0.05, 0.1) is 19.0 Å². The average molecular weight is 381 g/mol. The van der Waals surface area contributed by atoms with E-state index in [4.69, 9.17) is 9.72 Å². The van der Waals surface area contributed by atoms with Gasteiger partial charge in [0, 0.05) is 33.7 Å². The van der Waals surface area contributed by atoms with Crippen LogP contribution in [0.2, 0.25) is 0 Å². The van der Waals surface area contributed by atoms with Crippen molar-refractivity contribution in [3.05, 3.63) is 84.1 Å². The Morgan fingerprint density at radius 3 is 2.48 bits per heavy atom. The Bertz CT molecular complexity index is 1310. The van der Waals surface area contributed by atoms with E-state index in [0.29, 0.717) is 0 Å². The van der Waals surface area contributed by atoms with E-state index in [2.05, 4.69) is 22.3 Å². The fourth-order valence-corrected chi connectivity index (χ4v) is 3.86. The number of methoxy groups -OCH3 is 1. The number of phenolic OH excluding ortho intramolecular Hbond substituents is 1. The molecule has 142 valence electrons. The van der Waals surface area contributed by atoms with E-state index in [-0.39, 0.29) is 5.75 Å². The maximum Gasteiger partial charge on any atom is 0.156 e. The summed E-state index contributed by atoms with van der Waals surface area (Å²) in [5.74, 6) is 1.07. The number of nitrogens with one attached hydrogen (secondary N) is 1. The van der Waals surface area contributed by atoms with Crippen LogP contribution < -0.4 is 4.74 Å². The van der Waals surface area contributed by atoms with Crippen LogP contribution in [0.25, 0.3) is 33.1 Å². The molecule has 2 heterocycles. The van der Waals surface area contributed by atoms with Crippen molar-refractivity contribution in [1.82, 2.24) is 15.2 Å². The van der Waals surface area contributed by atoms with Gasteiger partial charge < -0.3 is 9.84 Å². The molecule has 3 aromatic carbocycles. The Hall–Kier alpha value is -3.86. The smallest absolute Gasteiger partial charge is 0.156 e. The van der Waals surface area contributed by atoms with Gasteiger partial charge in [-0.05, 0) is 42.0 Å².